The molecular weight excluding hydrogens is 551 g/mol. The molecule has 1 aromatic heterocycles. The Balaban J connectivity index is 1.40. The lowest BCUT2D eigenvalue weighted by atomic mass is 10.1. The first-order chi connectivity index (χ1) is 19.1. The highest BCUT2D eigenvalue weighted by Gasteiger charge is 2.19. The molecule has 4 aromatic rings. The van der Waals surface area contributed by atoms with Gasteiger partial charge in [-0.1, -0.05) is 53.5 Å². The molecule has 0 aliphatic carbocycles. The molecule has 10 heteroatoms. The van der Waals surface area contributed by atoms with Crippen molar-refractivity contribution in [2.75, 3.05) is 18.5 Å². The maximum absolute atomic E-state index is 12.8. The molecule has 0 saturated heterocycles. The van der Waals surface area contributed by atoms with Crippen molar-refractivity contribution in [1.82, 2.24) is 10.3 Å². The zero-order valence-electron chi connectivity index (χ0n) is 21.8. The van der Waals surface area contributed by atoms with Crippen LogP contribution in [0.25, 0.3) is 17.0 Å². The number of carbonyl (C=O) groups is 3. The van der Waals surface area contributed by atoms with E-state index in [1.165, 1.54) is 11.0 Å². The number of carbonyl (C=O) groups excluding carboxylic acids is 3. The molecule has 0 atom stereocenters. The highest BCUT2D eigenvalue weighted by Crippen LogP contribution is 2.35. The van der Waals surface area contributed by atoms with Gasteiger partial charge in [0.2, 0.25) is 17.7 Å². The van der Waals surface area contributed by atoms with Crippen molar-refractivity contribution < 1.29 is 19.1 Å². The molecule has 0 unspecified atom stereocenters. The molecule has 0 aliphatic rings. The van der Waals surface area contributed by atoms with Gasteiger partial charge in [0.25, 0.3) is 0 Å². The van der Waals surface area contributed by atoms with E-state index < -0.39 is 17.7 Å². The molecule has 40 heavy (non-hydrogen) atoms. The second-order valence-electron chi connectivity index (χ2n) is 8.92. The van der Waals surface area contributed by atoms with Crippen molar-refractivity contribution in [1.29, 1.82) is 0 Å². The van der Waals surface area contributed by atoms with Crippen LogP contribution < -0.4 is 20.7 Å². The summed E-state index contributed by atoms with van der Waals surface area (Å²) in [7, 11) is 1.56. The molecule has 3 aromatic carbocycles. The SMILES string of the molecule is Cc1ccc2cccc(OCc3c(Cl)ccc(N(C)C(=O)CNC(=O)/C=C/c4ccc(C(N)=O)cc4)c3Cl)c2n1. The number of nitrogens with zero attached hydrogens (tertiary/aromatic N) is 2. The van der Waals surface area contributed by atoms with Crippen LogP contribution in [0.3, 0.4) is 0 Å². The summed E-state index contributed by atoms with van der Waals surface area (Å²) in [6, 6.07) is 19.3. The largest absolute Gasteiger partial charge is 0.487 e. The van der Waals surface area contributed by atoms with E-state index in [4.69, 9.17) is 33.7 Å². The number of benzene rings is 3. The number of nitrogens with two attached hydrogens (primary N) is 1. The molecule has 0 aliphatic heterocycles. The van der Waals surface area contributed by atoms with Gasteiger partial charge in [0.05, 0.1) is 17.3 Å². The lowest BCUT2D eigenvalue weighted by molar-refractivity contribution is -0.122. The zero-order chi connectivity index (χ0) is 28.8. The quantitative estimate of drug-likeness (QED) is 0.262. The summed E-state index contributed by atoms with van der Waals surface area (Å²) in [5, 5.41) is 4.15. The number of primary amides is 1. The number of ether oxygens (including phenoxy) is 1. The number of likely N-dealkylation sites (N-methyl/N-ethyl adjacent to an activating group) is 1. The van der Waals surface area contributed by atoms with Gasteiger partial charge in [-0.05, 0) is 55.0 Å². The number of rotatable bonds is 9. The number of aromatic nitrogens is 1. The zero-order valence-corrected chi connectivity index (χ0v) is 23.3. The molecule has 1 heterocycles. The minimum Gasteiger partial charge on any atom is -0.487 e. The third kappa shape index (κ3) is 6.77. The molecule has 8 nitrogen and oxygen atoms in total. The lowest BCUT2D eigenvalue weighted by Gasteiger charge is -2.21. The average Bonchev–Trinajstić information content (AvgIpc) is 2.94. The van der Waals surface area contributed by atoms with Crippen molar-refractivity contribution in [3.8, 4) is 5.75 Å². The predicted molar refractivity (Wildman–Crippen MR) is 158 cm³/mol. The van der Waals surface area contributed by atoms with Crippen LogP contribution in [0.5, 0.6) is 5.75 Å². The van der Waals surface area contributed by atoms with Crippen LogP contribution in [0.4, 0.5) is 5.69 Å². The van der Waals surface area contributed by atoms with Crippen molar-refractivity contribution >= 4 is 63.6 Å². The van der Waals surface area contributed by atoms with E-state index >= 15 is 0 Å². The molecule has 0 spiro atoms. The minimum absolute atomic E-state index is 0.0597. The summed E-state index contributed by atoms with van der Waals surface area (Å²) in [6.45, 7) is 1.71. The van der Waals surface area contributed by atoms with E-state index in [1.54, 1.807) is 49.5 Å². The molecule has 3 amide bonds. The normalized spacial score (nSPS) is 11.0. The first-order valence-electron chi connectivity index (χ1n) is 12.2. The van der Waals surface area contributed by atoms with Gasteiger partial charge in [-0.2, -0.15) is 0 Å². The molecule has 204 valence electrons. The lowest BCUT2D eigenvalue weighted by Crippen LogP contribution is -2.37. The fourth-order valence-electron chi connectivity index (χ4n) is 3.87. The van der Waals surface area contributed by atoms with Crippen molar-refractivity contribution in [2.24, 2.45) is 5.73 Å². The number of fused-ring (bicyclic) bond motifs is 1. The highest BCUT2D eigenvalue weighted by molar-refractivity contribution is 6.38. The Kier molecular flexibility index (Phi) is 9.04. The van der Waals surface area contributed by atoms with Crippen LogP contribution in [0.2, 0.25) is 10.0 Å². The highest BCUT2D eigenvalue weighted by atomic mass is 35.5. The van der Waals surface area contributed by atoms with Crippen LogP contribution in [-0.2, 0) is 16.2 Å². The van der Waals surface area contributed by atoms with Crippen LogP contribution >= 0.6 is 23.2 Å². The van der Waals surface area contributed by atoms with E-state index in [2.05, 4.69) is 10.3 Å². The summed E-state index contributed by atoms with van der Waals surface area (Å²) in [5.41, 5.74) is 8.81. The molecule has 0 radical (unpaired) electrons. The van der Waals surface area contributed by atoms with Crippen LogP contribution in [0.15, 0.2) is 72.8 Å². The Morgan fingerprint density at radius 3 is 2.50 bits per heavy atom. The number of para-hydroxylation sites is 1. The van der Waals surface area contributed by atoms with E-state index in [1.807, 2.05) is 37.3 Å². The van der Waals surface area contributed by atoms with E-state index in [-0.39, 0.29) is 18.2 Å². The Morgan fingerprint density at radius 1 is 1.02 bits per heavy atom. The second-order valence-corrected chi connectivity index (χ2v) is 9.70. The monoisotopic (exact) mass is 576 g/mol. The van der Waals surface area contributed by atoms with Crippen LogP contribution in [0, 0.1) is 6.92 Å². The number of hydrogen-bond acceptors (Lipinski definition) is 5. The van der Waals surface area contributed by atoms with E-state index in [0.717, 1.165) is 16.6 Å². The molecule has 0 bridgehead atoms. The second kappa shape index (κ2) is 12.6. The third-order valence-corrected chi connectivity index (χ3v) is 6.91. The van der Waals surface area contributed by atoms with E-state index in [0.29, 0.717) is 33.1 Å². The molecule has 0 saturated carbocycles. The summed E-state index contributed by atoms with van der Waals surface area (Å²) < 4.78 is 6.06. The maximum atomic E-state index is 12.8. The van der Waals surface area contributed by atoms with Gasteiger partial charge in [0.15, 0.2) is 0 Å². The molecule has 0 fully saturated rings. The number of anilines is 1. The first-order valence-corrected chi connectivity index (χ1v) is 13.0. The smallest absolute Gasteiger partial charge is 0.248 e. The number of aryl methyl sites for hydroxylation is 1. The van der Waals surface area contributed by atoms with Crippen molar-refractivity contribution in [2.45, 2.75) is 13.5 Å². The van der Waals surface area contributed by atoms with Gasteiger partial charge in [-0.3, -0.25) is 14.4 Å². The van der Waals surface area contributed by atoms with Crippen LogP contribution in [0.1, 0.15) is 27.2 Å². The fraction of sp³-hybridized carbons (Fsp3) is 0.133. The van der Waals surface area contributed by atoms with Crippen molar-refractivity contribution in [3.05, 3.63) is 105 Å². The van der Waals surface area contributed by atoms with Gasteiger partial charge < -0.3 is 20.7 Å². The first kappa shape index (κ1) is 28.6. The number of amides is 3. The maximum Gasteiger partial charge on any atom is 0.248 e. The summed E-state index contributed by atoms with van der Waals surface area (Å²) in [4.78, 5) is 42.2. The van der Waals surface area contributed by atoms with Crippen LogP contribution in [-0.4, -0.2) is 36.3 Å². The van der Waals surface area contributed by atoms with Gasteiger partial charge >= 0.3 is 0 Å². The average molecular weight is 577 g/mol. The molecule has 4 rings (SSSR count). The summed E-state index contributed by atoms with van der Waals surface area (Å²) in [6.07, 6.45) is 2.85. The van der Waals surface area contributed by atoms with Gasteiger partial charge in [0, 0.05) is 40.4 Å². The standard InChI is InChI=1S/C30H26Cl2N4O4/c1-18-6-10-20-4-3-5-25(29(20)35-18)40-17-22-23(31)13-14-24(28(22)32)36(2)27(38)16-34-26(37)15-9-19-7-11-21(12-8-19)30(33)39/h3-15H,16-17H2,1-2H3,(H2,33,39)(H,34,37)/b15-9+. The Morgan fingerprint density at radius 2 is 1.77 bits per heavy atom. The Labute approximate surface area is 241 Å². The number of hydrogen-bond donors (Lipinski definition) is 2. The van der Waals surface area contributed by atoms with Gasteiger partial charge in [-0.25, -0.2) is 4.98 Å². The number of nitrogens with one attached hydrogen (secondary N) is 1. The van der Waals surface area contributed by atoms with Gasteiger partial charge in [0.1, 0.15) is 17.9 Å². The van der Waals surface area contributed by atoms with Gasteiger partial charge in [-0.15, -0.1) is 0 Å². The number of pyridine rings is 1. The Bertz CT molecular complexity index is 1620. The minimum atomic E-state index is -0.534. The van der Waals surface area contributed by atoms with Crippen molar-refractivity contribution in [3.63, 3.8) is 0 Å². The summed E-state index contributed by atoms with van der Waals surface area (Å²) >= 11 is 13.1. The fourth-order valence-corrected chi connectivity index (χ4v) is 4.47. The molecule has 3 N–H and O–H groups in total. The third-order valence-electron chi connectivity index (χ3n) is 6.13. The predicted octanol–water partition coefficient (Wildman–Crippen LogP) is 5.32. The number of halogens is 2. The Hall–Kier alpha value is -4.40. The topological polar surface area (TPSA) is 115 Å². The van der Waals surface area contributed by atoms with E-state index in [9.17, 15) is 14.4 Å². The summed E-state index contributed by atoms with van der Waals surface area (Å²) in [5.74, 6) is -0.801. The molecular formula is C30H26Cl2N4O4.